The summed E-state index contributed by atoms with van der Waals surface area (Å²) in [6.07, 6.45) is 1.73. The van der Waals surface area contributed by atoms with Gasteiger partial charge in [0, 0.05) is 22.5 Å². The number of aromatic carboxylic acids is 1. The molecular weight excluding hydrogens is 458 g/mol. The summed E-state index contributed by atoms with van der Waals surface area (Å²) in [6, 6.07) is 22.9. The number of carboxylic acid groups (broad SMARTS) is 1. The second kappa shape index (κ2) is 8.69. The zero-order valence-electron chi connectivity index (χ0n) is 17.2. The fourth-order valence-corrected chi connectivity index (χ4v) is 4.54. The highest BCUT2D eigenvalue weighted by Crippen LogP contribution is 2.43. The smallest absolute Gasteiger partial charge is 0.336 e. The van der Waals surface area contributed by atoms with Gasteiger partial charge in [0.25, 0.3) is 0 Å². The highest BCUT2D eigenvalue weighted by atomic mass is 35.5. The van der Waals surface area contributed by atoms with Crippen molar-refractivity contribution in [3.05, 3.63) is 107 Å². The van der Waals surface area contributed by atoms with Gasteiger partial charge < -0.3 is 19.7 Å². The van der Waals surface area contributed by atoms with Crippen LogP contribution in [0.25, 0.3) is 11.3 Å². The Hall–Kier alpha value is -3.68. The van der Waals surface area contributed by atoms with Crippen molar-refractivity contribution in [2.45, 2.75) is 12.1 Å². The third-order valence-electron chi connectivity index (χ3n) is 5.54. The van der Waals surface area contributed by atoms with Crippen LogP contribution in [0, 0.1) is 0 Å². The number of rotatable bonds is 5. The van der Waals surface area contributed by atoms with E-state index in [9.17, 15) is 9.90 Å². The number of thiocarbonyl (C=S) groups is 1. The van der Waals surface area contributed by atoms with E-state index in [1.807, 2.05) is 41.3 Å². The maximum absolute atomic E-state index is 11.7. The van der Waals surface area contributed by atoms with E-state index in [1.165, 1.54) is 0 Å². The first-order valence-electron chi connectivity index (χ1n) is 10.2. The van der Waals surface area contributed by atoms with Crippen LogP contribution in [0.1, 0.15) is 33.9 Å². The number of nitrogens with zero attached hydrogens (tertiary/aromatic N) is 2. The molecule has 6 nitrogen and oxygen atoms in total. The summed E-state index contributed by atoms with van der Waals surface area (Å²) < 4.78 is 6.26. The lowest BCUT2D eigenvalue weighted by Gasteiger charge is -2.26. The zero-order chi connectivity index (χ0) is 22.9. The van der Waals surface area contributed by atoms with E-state index in [4.69, 9.17) is 28.2 Å². The monoisotopic (exact) mass is 475 g/mol. The van der Waals surface area contributed by atoms with Crippen LogP contribution in [0.2, 0.25) is 5.02 Å². The van der Waals surface area contributed by atoms with Gasteiger partial charge in [-0.2, -0.15) is 0 Å². The molecule has 0 aliphatic carbocycles. The number of hydrogen-bond acceptors (Lipinski definition) is 4. The minimum atomic E-state index is -1.01. The number of anilines is 1. The third kappa shape index (κ3) is 3.97. The first-order valence-corrected chi connectivity index (χ1v) is 11.0. The van der Waals surface area contributed by atoms with Gasteiger partial charge in [0.05, 0.1) is 17.3 Å². The number of furan rings is 1. The Morgan fingerprint density at radius 1 is 1.03 bits per heavy atom. The Bertz CT molecular complexity index is 1320. The summed E-state index contributed by atoms with van der Waals surface area (Å²) in [5.74, 6) is 0.0844. The Labute approximate surface area is 200 Å². The van der Waals surface area contributed by atoms with E-state index in [2.05, 4.69) is 10.3 Å². The van der Waals surface area contributed by atoms with Crippen LogP contribution in [0.4, 0.5) is 5.69 Å². The van der Waals surface area contributed by atoms with E-state index >= 15 is 0 Å². The van der Waals surface area contributed by atoms with Crippen LogP contribution in [-0.4, -0.2) is 21.2 Å². The molecule has 0 radical (unpaired) electrons. The summed E-state index contributed by atoms with van der Waals surface area (Å²) in [7, 11) is 0. The fraction of sp³-hybridized carbons (Fsp3) is 0.0800. The Morgan fingerprint density at radius 2 is 1.79 bits per heavy atom. The van der Waals surface area contributed by atoms with Crippen LogP contribution in [0.3, 0.4) is 0 Å². The minimum Gasteiger partial charge on any atom is -0.478 e. The van der Waals surface area contributed by atoms with Crippen LogP contribution in [0.15, 0.2) is 89.5 Å². The number of hydrogen-bond donors (Lipinski definition) is 2. The maximum atomic E-state index is 11.7. The molecule has 2 aromatic heterocycles. The molecule has 2 N–H and O–H groups in total. The predicted molar refractivity (Wildman–Crippen MR) is 130 cm³/mol. The lowest BCUT2D eigenvalue weighted by molar-refractivity contribution is 0.0697. The molecule has 1 saturated heterocycles. The summed E-state index contributed by atoms with van der Waals surface area (Å²) in [4.78, 5) is 18.2. The van der Waals surface area contributed by atoms with Gasteiger partial charge in [-0.05, 0) is 66.8 Å². The molecule has 1 aliphatic rings. The number of nitrogens with one attached hydrogen (secondary N) is 1. The molecule has 2 aromatic carbocycles. The van der Waals surface area contributed by atoms with Crippen molar-refractivity contribution in [1.82, 2.24) is 10.3 Å². The molecular formula is C25H18ClN3O3S. The quantitative estimate of drug-likeness (QED) is 0.349. The molecule has 33 heavy (non-hydrogen) atoms. The SMILES string of the molecule is O=C(O)c1ccccc1-c1ccc([C@@H]2[C@H](c3ccccn3)NC(=S)N2c2ccc(Cl)cc2)o1. The molecule has 5 rings (SSSR count). The van der Waals surface area contributed by atoms with Crippen LogP contribution < -0.4 is 10.2 Å². The second-order valence-corrected chi connectivity index (χ2v) is 8.35. The molecule has 0 bridgehead atoms. The zero-order valence-corrected chi connectivity index (χ0v) is 18.8. The van der Waals surface area contributed by atoms with Gasteiger partial charge >= 0.3 is 5.97 Å². The molecule has 1 aliphatic heterocycles. The van der Waals surface area contributed by atoms with E-state index in [0.717, 1.165) is 11.4 Å². The van der Waals surface area contributed by atoms with Crippen molar-refractivity contribution in [3.8, 4) is 11.3 Å². The Balaban J connectivity index is 1.61. The molecule has 3 heterocycles. The van der Waals surface area contributed by atoms with E-state index in [0.29, 0.717) is 27.2 Å². The average Bonchev–Trinajstić information content (AvgIpc) is 3.45. The number of carbonyl (C=O) groups is 1. The molecule has 0 spiro atoms. The van der Waals surface area contributed by atoms with Gasteiger partial charge in [-0.15, -0.1) is 0 Å². The van der Waals surface area contributed by atoms with Gasteiger partial charge in [-0.25, -0.2) is 4.79 Å². The maximum Gasteiger partial charge on any atom is 0.336 e. The summed E-state index contributed by atoms with van der Waals surface area (Å²) in [5, 5.41) is 14.1. The number of halogens is 1. The first-order chi connectivity index (χ1) is 16.0. The summed E-state index contributed by atoms with van der Waals surface area (Å²) in [6.45, 7) is 0. The Morgan fingerprint density at radius 3 is 2.52 bits per heavy atom. The van der Waals surface area contributed by atoms with Crippen LogP contribution in [0.5, 0.6) is 0 Å². The molecule has 0 unspecified atom stereocenters. The van der Waals surface area contributed by atoms with Crippen molar-refractivity contribution in [3.63, 3.8) is 0 Å². The first kappa shape index (κ1) is 21.2. The highest BCUT2D eigenvalue weighted by Gasteiger charge is 2.42. The Kier molecular flexibility index (Phi) is 5.58. The molecule has 0 saturated carbocycles. The van der Waals surface area contributed by atoms with E-state index in [1.54, 1.807) is 48.7 Å². The average molecular weight is 476 g/mol. The molecule has 1 fully saturated rings. The van der Waals surface area contributed by atoms with Crippen molar-refractivity contribution in [2.75, 3.05) is 4.90 Å². The van der Waals surface area contributed by atoms with Crippen LogP contribution in [-0.2, 0) is 0 Å². The fourth-order valence-electron chi connectivity index (χ4n) is 4.06. The predicted octanol–water partition coefficient (Wildman–Crippen LogP) is 5.87. The summed E-state index contributed by atoms with van der Waals surface area (Å²) in [5.41, 5.74) is 2.35. The molecule has 2 atom stereocenters. The number of pyridine rings is 1. The van der Waals surface area contributed by atoms with Gasteiger partial charge in [0.1, 0.15) is 17.6 Å². The lowest BCUT2D eigenvalue weighted by atomic mass is 10.0. The van der Waals surface area contributed by atoms with Crippen molar-refractivity contribution < 1.29 is 14.3 Å². The topological polar surface area (TPSA) is 78.6 Å². The van der Waals surface area contributed by atoms with Gasteiger partial charge in [0.2, 0.25) is 0 Å². The van der Waals surface area contributed by atoms with Crippen LogP contribution >= 0.6 is 23.8 Å². The summed E-state index contributed by atoms with van der Waals surface area (Å²) >= 11 is 11.8. The molecule has 0 amide bonds. The van der Waals surface area contributed by atoms with Crippen molar-refractivity contribution in [1.29, 1.82) is 0 Å². The minimum absolute atomic E-state index is 0.175. The van der Waals surface area contributed by atoms with E-state index in [-0.39, 0.29) is 17.6 Å². The van der Waals surface area contributed by atoms with E-state index < -0.39 is 5.97 Å². The number of benzene rings is 2. The third-order valence-corrected chi connectivity index (χ3v) is 6.11. The molecule has 164 valence electrons. The largest absolute Gasteiger partial charge is 0.478 e. The van der Waals surface area contributed by atoms with Gasteiger partial charge in [-0.1, -0.05) is 35.9 Å². The normalized spacial score (nSPS) is 17.7. The van der Waals surface area contributed by atoms with Crippen molar-refractivity contribution >= 4 is 40.6 Å². The second-order valence-electron chi connectivity index (χ2n) is 7.53. The molecule has 8 heteroatoms. The standard InChI is InChI=1S/C25H18ClN3O3S/c26-15-8-10-16(11-9-15)29-23(22(28-25(29)33)19-7-3-4-14-27-19)21-13-12-20(32-21)17-5-1-2-6-18(17)24(30)31/h1-14,22-23H,(H,28,33)(H,30,31)/t22-,23+/m0/s1. The lowest BCUT2D eigenvalue weighted by Crippen LogP contribution is -2.29. The number of carboxylic acids is 1. The van der Waals surface area contributed by atoms with Gasteiger partial charge in [0.15, 0.2) is 5.11 Å². The number of aromatic nitrogens is 1. The van der Waals surface area contributed by atoms with Gasteiger partial charge in [-0.3, -0.25) is 4.98 Å². The van der Waals surface area contributed by atoms with Crippen molar-refractivity contribution in [2.24, 2.45) is 0 Å². The molecule has 4 aromatic rings. The highest BCUT2D eigenvalue weighted by molar-refractivity contribution is 7.80.